The van der Waals surface area contributed by atoms with Crippen molar-refractivity contribution in [2.24, 2.45) is 5.41 Å². The minimum absolute atomic E-state index is 0.0530. The van der Waals surface area contributed by atoms with Gasteiger partial charge in [-0.2, -0.15) is 0 Å². The normalized spacial score (nSPS) is 16.8. The molecule has 1 aliphatic carbocycles. The topological polar surface area (TPSA) is 69.6 Å². The number of anilines is 2. The van der Waals surface area contributed by atoms with Crippen molar-refractivity contribution in [3.8, 4) is 11.1 Å². The van der Waals surface area contributed by atoms with Gasteiger partial charge in [0.05, 0.1) is 5.41 Å². The van der Waals surface area contributed by atoms with Gasteiger partial charge < -0.3 is 15.3 Å². The van der Waals surface area contributed by atoms with Crippen molar-refractivity contribution >= 4 is 29.3 Å². The fraction of sp³-hybridized carbons (Fsp3) is 0.312. The molecule has 37 heavy (non-hydrogen) atoms. The molecule has 1 heterocycles. The van der Waals surface area contributed by atoms with E-state index in [2.05, 4.69) is 58.7 Å². The van der Waals surface area contributed by atoms with Crippen LogP contribution in [-0.2, 0) is 16.0 Å². The average Bonchev–Trinajstić information content (AvgIpc) is 2.88. The van der Waals surface area contributed by atoms with Crippen LogP contribution in [0.25, 0.3) is 17.2 Å². The smallest absolute Gasteiger partial charge is 0.328 e. The van der Waals surface area contributed by atoms with Gasteiger partial charge in [-0.3, -0.25) is 4.79 Å². The van der Waals surface area contributed by atoms with Crippen LogP contribution < -0.4 is 10.2 Å². The summed E-state index contributed by atoms with van der Waals surface area (Å²) in [6.45, 7) is 2.30. The molecule has 0 radical (unpaired) electrons. The van der Waals surface area contributed by atoms with Crippen LogP contribution in [0.1, 0.15) is 49.7 Å². The maximum absolute atomic E-state index is 13.6. The second-order valence-corrected chi connectivity index (χ2v) is 10.4. The number of hydrogen-bond donors (Lipinski definition) is 2. The first-order chi connectivity index (χ1) is 18.0. The number of carbonyl (C=O) groups excluding carboxylic acids is 1. The van der Waals surface area contributed by atoms with E-state index in [1.165, 1.54) is 34.9 Å². The number of rotatable bonds is 8. The Balaban J connectivity index is 1.30. The molecule has 0 aromatic heterocycles. The van der Waals surface area contributed by atoms with Gasteiger partial charge in [0, 0.05) is 30.5 Å². The van der Waals surface area contributed by atoms with Gasteiger partial charge in [-0.25, -0.2) is 4.79 Å². The monoisotopic (exact) mass is 494 g/mol. The largest absolute Gasteiger partial charge is 0.478 e. The number of benzene rings is 3. The number of amides is 1. The molecule has 3 aromatic carbocycles. The molecule has 2 N–H and O–H groups in total. The van der Waals surface area contributed by atoms with Gasteiger partial charge in [0.15, 0.2) is 0 Å². The van der Waals surface area contributed by atoms with Crippen LogP contribution in [-0.4, -0.2) is 30.1 Å². The number of carboxylic acid groups (broad SMARTS) is 1. The molecule has 5 nitrogen and oxygen atoms in total. The van der Waals surface area contributed by atoms with E-state index >= 15 is 0 Å². The fourth-order valence-electron chi connectivity index (χ4n) is 5.51. The average molecular weight is 495 g/mol. The number of hydrogen-bond acceptors (Lipinski definition) is 3. The first-order valence-electron chi connectivity index (χ1n) is 13.3. The van der Waals surface area contributed by atoms with E-state index in [9.17, 15) is 9.59 Å². The van der Waals surface area contributed by atoms with E-state index in [4.69, 9.17) is 5.11 Å². The van der Waals surface area contributed by atoms with E-state index in [0.29, 0.717) is 12.1 Å². The summed E-state index contributed by atoms with van der Waals surface area (Å²) in [6.07, 6.45) is 9.64. The molecule has 3 aromatic rings. The van der Waals surface area contributed by atoms with E-state index in [0.717, 1.165) is 56.8 Å². The number of nitrogens with zero attached hydrogens (tertiary/aromatic N) is 1. The number of aliphatic carboxylic acids is 1. The molecule has 1 saturated carbocycles. The van der Waals surface area contributed by atoms with Crippen molar-refractivity contribution < 1.29 is 14.7 Å². The molecule has 1 aliphatic heterocycles. The molecular formula is C32H34N2O3. The number of nitrogens with one attached hydrogen (secondary N) is 1. The third-order valence-corrected chi connectivity index (χ3v) is 7.77. The summed E-state index contributed by atoms with van der Waals surface area (Å²) in [7, 11) is 0. The van der Waals surface area contributed by atoms with Crippen LogP contribution in [0, 0.1) is 5.41 Å². The molecular weight excluding hydrogens is 460 g/mol. The lowest BCUT2D eigenvalue weighted by molar-refractivity contribution is -0.131. The maximum Gasteiger partial charge on any atom is 0.328 e. The highest BCUT2D eigenvalue weighted by Crippen LogP contribution is 2.41. The summed E-state index contributed by atoms with van der Waals surface area (Å²) in [5, 5.41) is 12.0. The summed E-state index contributed by atoms with van der Waals surface area (Å²) in [4.78, 5) is 26.9. The van der Waals surface area contributed by atoms with Gasteiger partial charge in [0.2, 0.25) is 5.91 Å². The van der Waals surface area contributed by atoms with Crippen molar-refractivity contribution in [3.05, 3.63) is 90.0 Å². The highest BCUT2D eigenvalue weighted by atomic mass is 16.4. The molecule has 0 spiro atoms. The first kappa shape index (κ1) is 24.8. The Labute approximate surface area is 218 Å². The van der Waals surface area contributed by atoms with Crippen LogP contribution in [0.4, 0.5) is 11.4 Å². The standard InChI is InChI=1S/C32H34N2O3/c35-30(36)17-10-24-6-4-7-28(22-24)33-31(37)32(18-2-1-3-19-32)23-25-8-11-26(12-9-25)27-13-15-29(16-14-27)34-20-5-21-34/h4,6-17,22H,1-3,5,18-21,23H2,(H,33,37)(H,35,36)/b17-10+. The lowest BCUT2D eigenvalue weighted by atomic mass is 9.69. The molecule has 190 valence electrons. The van der Waals surface area contributed by atoms with Gasteiger partial charge in [-0.1, -0.05) is 67.8 Å². The fourth-order valence-corrected chi connectivity index (χ4v) is 5.51. The number of carbonyl (C=O) groups is 2. The summed E-state index contributed by atoms with van der Waals surface area (Å²) in [5.74, 6) is -0.942. The molecule has 2 fully saturated rings. The molecule has 5 rings (SSSR count). The maximum atomic E-state index is 13.6. The van der Waals surface area contributed by atoms with Gasteiger partial charge in [-0.05, 0) is 78.3 Å². The zero-order valence-electron chi connectivity index (χ0n) is 21.2. The van der Waals surface area contributed by atoms with Crippen LogP contribution in [0.2, 0.25) is 0 Å². The molecule has 2 aliphatic rings. The first-order valence-corrected chi connectivity index (χ1v) is 13.3. The second kappa shape index (κ2) is 11.0. The molecule has 5 heteroatoms. The lowest BCUT2D eigenvalue weighted by Gasteiger charge is -2.36. The van der Waals surface area contributed by atoms with E-state index < -0.39 is 11.4 Å². The molecule has 1 saturated heterocycles. The zero-order chi connectivity index (χ0) is 25.7. The Morgan fingerprint density at radius 2 is 1.54 bits per heavy atom. The quantitative estimate of drug-likeness (QED) is 0.338. The summed E-state index contributed by atoms with van der Waals surface area (Å²) in [6, 6.07) is 24.8. The summed E-state index contributed by atoms with van der Waals surface area (Å²) in [5.41, 5.74) is 5.86. The van der Waals surface area contributed by atoms with E-state index in [-0.39, 0.29) is 5.91 Å². The van der Waals surface area contributed by atoms with Crippen LogP contribution >= 0.6 is 0 Å². The SMILES string of the molecule is O=C(O)/C=C/c1cccc(NC(=O)C2(Cc3ccc(-c4ccc(N5CCC5)cc4)cc3)CCCCC2)c1. The summed E-state index contributed by atoms with van der Waals surface area (Å²) < 4.78 is 0. The predicted octanol–water partition coefficient (Wildman–Crippen LogP) is 6.79. The minimum Gasteiger partial charge on any atom is -0.478 e. The Bertz CT molecular complexity index is 1270. The third-order valence-electron chi connectivity index (χ3n) is 7.77. The predicted molar refractivity (Wildman–Crippen MR) is 150 cm³/mol. The lowest BCUT2D eigenvalue weighted by Crippen LogP contribution is -2.40. The third kappa shape index (κ3) is 5.93. The van der Waals surface area contributed by atoms with Gasteiger partial charge in [0.25, 0.3) is 0 Å². The second-order valence-electron chi connectivity index (χ2n) is 10.4. The van der Waals surface area contributed by atoms with Crippen molar-refractivity contribution in [1.82, 2.24) is 0 Å². The van der Waals surface area contributed by atoms with Crippen molar-refractivity contribution in [1.29, 1.82) is 0 Å². The van der Waals surface area contributed by atoms with E-state index in [1.807, 2.05) is 24.3 Å². The van der Waals surface area contributed by atoms with Gasteiger partial charge >= 0.3 is 5.97 Å². The van der Waals surface area contributed by atoms with Crippen LogP contribution in [0.3, 0.4) is 0 Å². The Morgan fingerprint density at radius 3 is 2.16 bits per heavy atom. The number of carboxylic acids is 1. The van der Waals surface area contributed by atoms with E-state index in [1.54, 1.807) is 0 Å². The Morgan fingerprint density at radius 1 is 0.865 bits per heavy atom. The van der Waals surface area contributed by atoms with Crippen LogP contribution in [0.15, 0.2) is 78.9 Å². The zero-order valence-corrected chi connectivity index (χ0v) is 21.2. The molecule has 0 bridgehead atoms. The molecule has 1 amide bonds. The Kier molecular flexibility index (Phi) is 7.40. The minimum atomic E-state index is -0.995. The van der Waals surface area contributed by atoms with Crippen molar-refractivity contribution in [2.75, 3.05) is 23.3 Å². The van der Waals surface area contributed by atoms with Crippen LogP contribution in [0.5, 0.6) is 0 Å². The molecule has 0 unspecified atom stereocenters. The van der Waals surface area contributed by atoms with Gasteiger partial charge in [-0.15, -0.1) is 0 Å². The van der Waals surface area contributed by atoms with Crippen molar-refractivity contribution in [3.63, 3.8) is 0 Å². The molecule has 0 atom stereocenters. The Hall–Kier alpha value is -3.86. The van der Waals surface area contributed by atoms with Crippen molar-refractivity contribution in [2.45, 2.75) is 44.9 Å². The highest BCUT2D eigenvalue weighted by molar-refractivity contribution is 5.96. The highest BCUT2D eigenvalue weighted by Gasteiger charge is 2.39. The van der Waals surface area contributed by atoms with Gasteiger partial charge in [0.1, 0.15) is 0 Å². The summed E-state index contributed by atoms with van der Waals surface area (Å²) >= 11 is 0.